The Morgan fingerprint density at radius 2 is 1.89 bits per heavy atom. The van der Waals surface area contributed by atoms with Crippen LogP contribution in [0.4, 0.5) is 0 Å². The van der Waals surface area contributed by atoms with Crippen LogP contribution < -0.4 is 10.2 Å². The predicted octanol–water partition coefficient (Wildman–Crippen LogP) is 0.395. The van der Waals surface area contributed by atoms with Gasteiger partial charge in [-0.1, -0.05) is 26.0 Å². The molecule has 0 saturated heterocycles. The molecule has 5 heteroatoms. The number of hydrogen-bond acceptors (Lipinski definition) is 4. The molecule has 100 valence electrons. The highest BCUT2D eigenvalue weighted by Gasteiger charge is 2.12. The highest BCUT2D eigenvalue weighted by atomic mass is 16.5. The van der Waals surface area contributed by atoms with Gasteiger partial charge in [-0.2, -0.15) is 0 Å². The maximum atomic E-state index is 9.06. The van der Waals surface area contributed by atoms with Crippen molar-refractivity contribution >= 4 is 12.6 Å². The Bertz CT molecular complexity index is 367. The summed E-state index contributed by atoms with van der Waals surface area (Å²) >= 11 is 0. The van der Waals surface area contributed by atoms with Gasteiger partial charge in [-0.25, -0.2) is 0 Å². The number of aryl methyl sites for hydroxylation is 1. The third-order valence-corrected chi connectivity index (χ3v) is 3.06. The quantitative estimate of drug-likeness (QED) is 0.688. The maximum Gasteiger partial charge on any atom is 0.488 e. The minimum Gasteiger partial charge on any atom is -0.492 e. The smallest absolute Gasteiger partial charge is 0.488 e. The van der Waals surface area contributed by atoms with Crippen LogP contribution in [0.15, 0.2) is 18.2 Å². The summed E-state index contributed by atoms with van der Waals surface area (Å²) in [5, 5.41) is 18.1. The molecule has 0 aliphatic heterocycles. The molecule has 2 N–H and O–H groups in total. The second-order valence-corrected chi connectivity index (χ2v) is 4.27. The summed E-state index contributed by atoms with van der Waals surface area (Å²) in [6, 6.07) is 5.19. The first kappa shape index (κ1) is 15.0. The van der Waals surface area contributed by atoms with Gasteiger partial charge in [-0.3, -0.25) is 0 Å². The summed E-state index contributed by atoms with van der Waals surface area (Å²) in [7, 11) is -1.42. The van der Waals surface area contributed by atoms with Crippen molar-refractivity contribution in [2.45, 2.75) is 20.8 Å². The number of likely N-dealkylation sites (N-methyl/N-ethyl adjacent to an activating group) is 1. The van der Waals surface area contributed by atoms with Gasteiger partial charge in [-0.15, -0.1) is 0 Å². The molecule has 4 nitrogen and oxygen atoms in total. The molecule has 0 saturated carbocycles. The van der Waals surface area contributed by atoms with E-state index in [1.54, 1.807) is 18.2 Å². The minimum atomic E-state index is -1.42. The van der Waals surface area contributed by atoms with Crippen molar-refractivity contribution < 1.29 is 14.8 Å². The lowest BCUT2D eigenvalue weighted by Crippen LogP contribution is -2.30. The number of nitrogens with zero attached hydrogens (tertiary/aromatic N) is 1. The molecule has 0 radical (unpaired) electrons. The van der Waals surface area contributed by atoms with Crippen molar-refractivity contribution in [3.05, 3.63) is 23.8 Å². The fraction of sp³-hybridized carbons (Fsp3) is 0.538. The molecule has 0 fully saturated rings. The first-order valence-corrected chi connectivity index (χ1v) is 6.40. The van der Waals surface area contributed by atoms with Gasteiger partial charge in [0.05, 0.1) is 0 Å². The molecule has 0 atom stereocenters. The maximum absolute atomic E-state index is 9.06. The van der Waals surface area contributed by atoms with E-state index in [9.17, 15) is 0 Å². The van der Waals surface area contributed by atoms with Crippen LogP contribution in [0.25, 0.3) is 0 Å². The fourth-order valence-electron chi connectivity index (χ4n) is 1.82. The van der Waals surface area contributed by atoms with E-state index >= 15 is 0 Å². The van der Waals surface area contributed by atoms with E-state index in [-0.39, 0.29) is 0 Å². The highest BCUT2D eigenvalue weighted by Crippen LogP contribution is 2.15. The predicted molar refractivity (Wildman–Crippen MR) is 74.3 cm³/mol. The van der Waals surface area contributed by atoms with Crippen LogP contribution in [0.5, 0.6) is 5.75 Å². The summed E-state index contributed by atoms with van der Waals surface area (Å²) in [6.07, 6.45) is 0. The highest BCUT2D eigenvalue weighted by molar-refractivity contribution is 6.58. The van der Waals surface area contributed by atoms with Crippen LogP contribution in [0.2, 0.25) is 0 Å². The number of rotatable bonds is 7. The van der Waals surface area contributed by atoms with Crippen molar-refractivity contribution in [3.63, 3.8) is 0 Å². The number of hydrogen-bond donors (Lipinski definition) is 2. The van der Waals surface area contributed by atoms with Gasteiger partial charge in [0.2, 0.25) is 0 Å². The minimum absolute atomic E-state index is 0.489. The van der Waals surface area contributed by atoms with Gasteiger partial charge in [0.1, 0.15) is 12.4 Å². The number of ether oxygens (including phenoxy) is 1. The lowest BCUT2D eigenvalue weighted by atomic mass is 9.79. The molecule has 0 aromatic heterocycles. The summed E-state index contributed by atoms with van der Waals surface area (Å²) in [5.41, 5.74) is 1.41. The van der Waals surface area contributed by atoms with Gasteiger partial charge in [0.15, 0.2) is 0 Å². The van der Waals surface area contributed by atoms with Crippen molar-refractivity contribution in [2.75, 3.05) is 26.2 Å². The normalized spacial score (nSPS) is 10.8. The number of benzene rings is 1. The summed E-state index contributed by atoms with van der Waals surface area (Å²) in [5.74, 6) is 0.798. The molecule has 18 heavy (non-hydrogen) atoms. The van der Waals surface area contributed by atoms with E-state index < -0.39 is 7.12 Å². The van der Waals surface area contributed by atoms with Crippen molar-refractivity contribution in [1.82, 2.24) is 4.90 Å². The van der Waals surface area contributed by atoms with Crippen LogP contribution in [0, 0.1) is 6.92 Å². The monoisotopic (exact) mass is 251 g/mol. The van der Waals surface area contributed by atoms with Crippen LogP contribution in [0.3, 0.4) is 0 Å². The molecule has 0 spiro atoms. The molecule has 0 unspecified atom stereocenters. The lowest BCUT2D eigenvalue weighted by Gasteiger charge is -2.18. The SMILES string of the molecule is CCN(CC)CCOc1ccc(B(O)O)cc1C. The fourth-order valence-corrected chi connectivity index (χ4v) is 1.82. The Labute approximate surface area is 109 Å². The molecule has 0 bridgehead atoms. The van der Waals surface area contributed by atoms with Gasteiger partial charge in [0, 0.05) is 6.54 Å². The van der Waals surface area contributed by atoms with Crippen molar-refractivity contribution in [3.8, 4) is 5.75 Å². The zero-order chi connectivity index (χ0) is 13.5. The molecule has 0 aliphatic rings. The van der Waals surface area contributed by atoms with Crippen LogP contribution in [-0.2, 0) is 0 Å². The Morgan fingerprint density at radius 3 is 2.39 bits per heavy atom. The topological polar surface area (TPSA) is 52.9 Å². The largest absolute Gasteiger partial charge is 0.492 e. The average molecular weight is 251 g/mol. The molecule has 0 amide bonds. The first-order valence-electron chi connectivity index (χ1n) is 6.40. The van der Waals surface area contributed by atoms with E-state index in [0.29, 0.717) is 12.1 Å². The molecular formula is C13H22BNO3. The van der Waals surface area contributed by atoms with Gasteiger partial charge in [-0.05, 0) is 37.1 Å². The lowest BCUT2D eigenvalue weighted by molar-refractivity contribution is 0.222. The summed E-state index contributed by atoms with van der Waals surface area (Å²) < 4.78 is 5.70. The zero-order valence-corrected chi connectivity index (χ0v) is 11.4. The van der Waals surface area contributed by atoms with Crippen LogP contribution in [-0.4, -0.2) is 48.3 Å². The molecule has 0 aliphatic carbocycles. The molecule has 1 aromatic carbocycles. The van der Waals surface area contributed by atoms with Gasteiger partial charge in [0.25, 0.3) is 0 Å². The first-order chi connectivity index (χ1) is 8.58. The van der Waals surface area contributed by atoms with E-state index in [2.05, 4.69) is 18.7 Å². The third-order valence-electron chi connectivity index (χ3n) is 3.06. The second-order valence-electron chi connectivity index (χ2n) is 4.27. The van der Waals surface area contributed by atoms with E-state index in [1.165, 1.54) is 0 Å². The third kappa shape index (κ3) is 4.33. The second kappa shape index (κ2) is 7.41. The van der Waals surface area contributed by atoms with E-state index in [1.807, 2.05) is 6.92 Å². The Hall–Kier alpha value is -1.04. The van der Waals surface area contributed by atoms with Crippen molar-refractivity contribution in [2.24, 2.45) is 0 Å². The molecule has 1 aromatic rings. The molecular weight excluding hydrogens is 229 g/mol. The Balaban J connectivity index is 2.53. The van der Waals surface area contributed by atoms with Crippen LogP contribution in [0.1, 0.15) is 19.4 Å². The molecule has 1 rings (SSSR count). The zero-order valence-electron chi connectivity index (χ0n) is 11.4. The summed E-state index contributed by atoms with van der Waals surface area (Å²) in [6.45, 7) is 9.75. The van der Waals surface area contributed by atoms with E-state index in [0.717, 1.165) is 30.9 Å². The van der Waals surface area contributed by atoms with Crippen LogP contribution >= 0.6 is 0 Å². The molecule has 0 heterocycles. The average Bonchev–Trinajstić information content (AvgIpc) is 2.36. The van der Waals surface area contributed by atoms with Gasteiger partial charge >= 0.3 is 7.12 Å². The Kier molecular flexibility index (Phi) is 6.19. The van der Waals surface area contributed by atoms with Gasteiger partial charge < -0.3 is 19.7 Å². The summed E-state index contributed by atoms with van der Waals surface area (Å²) in [4.78, 5) is 2.29. The standard InChI is InChI=1S/C13H22BNO3/c1-4-15(5-2)8-9-18-13-7-6-12(14(16)17)10-11(13)3/h6-7,10,16-17H,4-5,8-9H2,1-3H3. The van der Waals surface area contributed by atoms with Crippen molar-refractivity contribution in [1.29, 1.82) is 0 Å². The van der Waals surface area contributed by atoms with E-state index in [4.69, 9.17) is 14.8 Å². The Morgan fingerprint density at radius 1 is 1.22 bits per heavy atom.